The van der Waals surface area contributed by atoms with Gasteiger partial charge in [-0.1, -0.05) is 28.1 Å². The molecule has 0 saturated carbocycles. The van der Waals surface area contributed by atoms with Crippen LogP contribution in [-0.4, -0.2) is 23.8 Å². The van der Waals surface area contributed by atoms with Gasteiger partial charge in [-0.2, -0.15) is 0 Å². The Labute approximate surface area is 97.2 Å². The van der Waals surface area contributed by atoms with Crippen LogP contribution in [0.5, 0.6) is 0 Å². The molecule has 0 fully saturated rings. The van der Waals surface area contributed by atoms with Crippen molar-refractivity contribution < 1.29 is 14.6 Å². The minimum absolute atomic E-state index is 0.421. The zero-order chi connectivity index (χ0) is 11.3. The topological polar surface area (TPSA) is 46.5 Å². The van der Waals surface area contributed by atoms with E-state index < -0.39 is 12.1 Å². The quantitative estimate of drug-likeness (QED) is 0.896. The normalized spacial score (nSPS) is 12.4. The number of hydrogen-bond donors (Lipinski definition) is 1. The lowest BCUT2D eigenvalue weighted by Gasteiger charge is -2.08. The van der Waals surface area contributed by atoms with E-state index in [4.69, 9.17) is 9.84 Å². The number of carboxylic acids is 1. The van der Waals surface area contributed by atoms with Crippen molar-refractivity contribution in [3.63, 3.8) is 0 Å². The third-order valence-corrected chi connectivity index (χ3v) is 2.49. The SMILES string of the molecule is CC(OCCc1cccc(Br)c1)C(=O)O. The van der Waals surface area contributed by atoms with Gasteiger partial charge in [0.15, 0.2) is 6.10 Å². The van der Waals surface area contributed by atoms with Gasteiger partial charge in [-0.25, -0.2) is 4.79 Å². The van der Waals surface area contributed by atoms with Crippen LogP contribution >= 0.6 is 15.9 Å². The summed E-state index contributed by atoms with van der Waals surface area (Å²) in [6.07, 6.45) is -0.0194. The van der Waals surface area contributed by atoms with Gasteiger partial charge in [-0.3, -0.25) is 0 Å². The first-order valence-corrected chi connectivity index (χ1v) is 5.48. The molecule has 0 aliphatic rings. The number of benzene rings is 1. The van der Waals surface area contributed by atoms with Gasteiger partial charge >= 0.3 is 5.97 Å². The monoisotopic (exact) mass is 272 g/mol. The van der Waals surface area contributed by atoms with Crippen LogP contribution in [0.15, 0.2) is 28.7 Å². The number of halogens is 1. The highest BCUT2D eigenvalue weighted by Crippen LogP contribution is 2.12. The Hall–Kier alpha value is -0.870. The summed E-state index contributed by atoms with van der Waals surface area (Å²) in [5, 5.41) is 8.59. The van der Waals surface area contributed by atoms with Gasteiger partial charge in [-0.05, 0) is 31.0 Å². The lowest BCUT2D eigenvalue weighted by Crippen LogP contribution is -2.20. The van der Waals surface area contributed by atoms with E-state index >= 15 is 0 Å². The first kappa shape index (κ1) is 12.2. The first-order valence-electron chi connectivity index (χ1n) is 4.68. The number of rotatable bonds is 5. The summed E-state index contributed by atoms with van der Waals surface area (Å²) >= 11 is 3.37. The van der Waals surface area contributed by atoms with E-state index in [1.54, 1.807) is 0 Å². The number of carbonyl (C=O) groups is 1. The van der Waals surface area contributed by atoms with E-state index in [1.165, 1.54) is 6.92 Å². The summed E-state index contributed by atoms with van der Waals surface area (Å²) in [6.45, 7) is 1.95. The summed E-state index contributed by atoms with van der Waals surface area (Å²) in [6, 6.07) is 7.87. The van der Waals surface area contributed by atoms with Crippen LogP contribution in [0.1, 0.15) is 12.5 Å². The van der Waals surface area contributed by atoms with Crippen LogP contribution in [0.4, 0.5) is 0 Å². The van der Waals surface area contributed by atoms with Gasteiger partial charge in [0.05, 0.1) is 6.61 Å². The second kappa shape index (κ2) is 5.88. The van der Waals surface area contributed by atoms with E-state index in [0.29, 0.717) is 6.61 Å². The first-order chi connectivity index (χ1) is 7.09. The van der Waals surface area contributed by atoms with Gasteiger partial charge in [0, 0.05) is 4.47 Å². The molecule has 0 saturated heterocycles. The number of carboxylic acid groups (broad SMARTS) is 1. The number of hydrogen-bond acceptors (Lipinski definition) is 2. The molecule has 0 amide bonds. The average Bonchev–Trinajstić information content (AvgIpc) is 2.17. The molecule has 0 aliphatic carbocycles. The lowest BCUT2D eigenvalue weighted by atomic mass is 10.2. The second-order valence-electron chi connectivity index (χ2n) is 3.23. The highest BCUT2D eigenvalue weighted by molar-refractivity contribution is 9.10. The maximum atomic E-state index is 10.5. The summed E-state index contributed by atoms with van der Waals surface area (Å²) < 4.78 is 6.15. The van der Waals surface area contributed by atoms with Crippen molar-refractivity contribution in [2.24, 2.45) is 0 Å². The van der Waals surface area contributed by atoms with Crippen molar-refractivity contribution in [1.82, 2.24) is 0 Å². The molecule has 4 heteroatoms. The largest absolute Gasteiger partial charge is 0.479 e. The van der Waals surface area contributed by atoms with E-state index in [2.05, 4.69) is 15.9 Å². The van der Waals surface area contributed by atoms with Crippen LogP contribution in [0, 0.1) is 0 Å². The predicted octanol–water partition coefficient (Wildman–Crippen LogP) is 2.48. The van der Waals surface area contributed by atoms with Gasteiger partial charge in [0.2, 0.25) is 0 Å². The van der Waals surface area contributed by atoms with Gasteiger partial charge in [0.1, 0.15) is 0 Å². The molecule has 0 aromatic heterocycles. The highest BCUT2D eigenvalue weighted by atomic mass is 79.9. The molecule has 1 rings (SSSR count). The van der Waals surface area contributed by atoms with Crippen LogP contribution in [-0.2, 0) is 16.0 Å². The zero-order valence-corrected chi connectivity index (χ0v) is 10.0. The van der Waals surface area contributed by atoms with Crippen LogP contribution in [0.25, 0.3) is 0 Å². The van der Waals surface area contributed by atoms with Crippen molar-refractivity contribution in [1.29, 1.82) is 0 Å². The maximum Gasteiger partial charge on any atom is 0.332 e. The van der Waals surface area contributed by atoms with Gasteiger partial charge in [0.25, 0.3) is 0 Å². The fourth-order valence-electron chi connectivity index (χ4n) is 1.12. The van der Waals surface area contributed by atoms with Gasteiger partial charge in [-0.15, -0.1) is 0 Å². The molecule has 1 unspecified atom stereocenters. The molecule has 1 atom stereocenters. The standard InChI is InChI=1S/C11H13BrO3/c1-8(11(13)14)15-6-5-9-3-2-4-10(12)7-9/h2-4,7-8H,5-6H2,1H3,(H,13,14). The van der Waals surface area contributed by atoms with Crippen LogP contribution in [0.3, 0.4) is 0 Å². The molecule has 0 radical (unpaired) electrons. The molecule has 3 nitrogen and oxygen atoms in total. The Kier molecular flexibility index (Phi) is 4.78. The molecule has 0 spiro atoms. The molecule has 82 valence electrons. The smallest absolute Gasteiger partial charge is 0.332 e. The van der Waals surface area contributed by atoms with Crippen molar-refractivity contribution in [3.05, 3.63) is 34.3 Å². The molecule has 15 heavy (non-hydrogen) atoms. The molecule has 1 aromatic rings. The van der Waals surface area contributed by atoms with Crippen molar-refractivity contribution in [3.8, 4) is 0 Å². The molecular weight excluding hydrogens is 260 g/mol. The predicted molar refractivity (Wildman–Crippen MR) is 60.9 cm³/mol. The van der Waals surface area contributed by atoms with Crippen LogP contribution in [0.2, 0.25) is 0 Å². The zero-order valence-electron chi connectivity index (χ0n) is 8.44. The maximum absolute atomic E-state index is 10.5. The molecule has 0 aliphatic heterocycles. The van der Waals surface area contributed by atoms with Gasteiger partial charge < -0.3 is 9.84 Å². The van der Waals surface area contributed by atoms with E-state index in [-0.39, 0.29) is 0 Å². The van der Waals surface area contributed by atoms with E-state index in [1.807, 2.05) is 24.3 Å². The Bertz CT molecular complexity index is 338. The Balaban J connectivity index is 2.35. The summed E-state index contributed by atoms with van der Waals surface area (Å²) in [7, 11) is 0. The fourth-order valence-corrected chi connectivity index (χ4v) is 1.56. The molecule has 0 heterocycles. The molecule has 0 bridgehead atoms. The third-order valence-electron chi connectivity index (χ3n) is 2.00. The molecule has 1 aromatic carbocycles. The molecule has 1 N–H and O–H groups in total. The summed E-state index contributed by atoms with van der Waals surface area (Å²) in [5.74, 6) is -0.927. The van der Waals surface area contributed by atoms with Crippen molar-refractivity contribution >= 4 is 21.9 Å². The highest BCUT2D eigenvalue weighted by Gasteiger charge is 2.09. The van der Waals surface area contributed by atoms with Crippen molar-refractivity contribution in [2.75, 3.05) is 6.61 Å². The Morgan fingerprint density at radius 3 is 2.93 bits per heavy atom. The summed E-state index contributed by atoms with van der Waals surface area (Å²) in [4.78, 5) is 10.5. The summed E-state index contributed by atoms with van der Waals surface area (Å²) in [5.41, 5.74) is 1.13. The lowest BCUT2D eigenvalue weighted by molar-refractivity contribution is -0.149. The Morgan fingerprint density at radius 1 is 1.60 bits per heavy atom. The second-order valence-corrected chi connectivity index (χ2v) is 4.15. The number of aliphatic carboxylic acids is 1. The minimum atomic E-state index is -0.927. The Morgan fingerprint density at radius 2 is 2.33 bits per heavy atom. The molecular formula is C11H13BrO3. The third kappa shape index (κ3) is 4.44. The average molecular weight is 273 g/mol. The van der Waals surface area contributed by atoms with E-state index in [0.717, 1.165) is 16.5 Å². The van der Waals surface area contributed by atoms with Crippen molar-refractivity contribution in [2.45, 2.75) is 19.4 Å². The fraction of sp³-hybridized carbons (Fsp3) is 0.364. The van der Waals surface area contributed by atoms with E-state index in [9.17, 15) is 4.79 Å². The van der Waals surface area contributed by atoms with Crippen LogP contribution < -0.4 is 0 Å². The number of ether oxygens (including phenoxy) is 1. The minimum Gasteiger partial charge on any atom is -0.479 e.